The molecule has 2 saturated heterocycles. The van der Waals surface area contributed by atoms with Crippen molar-refractivity contribution in [1.82, 2.24) is 4.31 Å². The Morgan fingerprint density at radius 2 is 1.50 bits per heavy atom. The molecule has 2 fully saturated rings. The highest BCUT2D eigenvalue weighted by atomic mass is 32.2. The summed E-state index contributed by atoms with van der Waals surface area (Å²) >= 11 is 0. The third kappa shape index (κ3) is 5.52. The largest absolute Gasteiger partial charge is 0.459 e. The minimum Gasteiger partial charge on any atom is -0.459 e. The van der Waals surface area contributed by atoms with Crippen LogP contribution in [-0.2, 0) is 41.3 Å². The number of ether oxygens (including phenoxy) is 4. The number of esters is 1. The van der Waals surface area contributed by atoms with Crippen LogP contribution in [0.3, 0.4) is 0 Å². The Morgan fingerprint density at radius 3 is 2.10 bits per heavy atom. The minimum atomic E-state index is -4.17. The molecule has 9 nitrogen and oxygen atoms in total. The molecule has 0 spiro atoms. The van der Waals surface area contributed by atoms with Crippen LogP contribution in [0.25, 0.3) is 0 Å². The van der Waals surface area contributed by atoms with Crippen LogP contribution in [0.5, 0.6) is 0 Å². The van der Waals surface area contributed by atoms with Crippen molar-refractivity contribution in [2.24, 2.45) is 0 Å². The van der Waals surface area contributed by atoms with Gasteiger partial charge in [0.05, 0.1) is 17.4 Å². The van der Waals surface area contributed by atoms with Crippen molar-refractivity contribution in [2.75, 3.05) is 6.61 Å². The lowest BCUT2D eigenvalue weighted by atomic mass is 9.89. The Labute approximate surface area is 233 Å². The van der Waals surface area contributed by atoms with E-state index in [9.17, 15) is 18.5 Å². The number of hydrogen-bond donors (Lipinski definition) is 0. The van der Waals surface area contributed by atoms with Crippen molar-refractivity contribution >= 4 is 16.0 Å². The zero-order valence-electron chi connectivity index (χ0n) is 22.2. The van der Waals surface area contributed by atoms with E-state index in [1.807, 2.05) is 6.07 Å². The molecule has 2 heterocycles. The van der Waals surface area contributed by atoms with Crippen molar-refractivity contribution in [1.29, 1.82) is 5.26 Å². The van der Waals surface area contributed by atoms with Gasteiger partial charge < -0.3 is 18.9 Å². The zero-order valence-corrected chi connectivity index (χ0v) is 23.0. The lowest BCUT2D eigenvalue weighted by molar-refractivity contribution is -0.217. The van der Waals surface area contributed by atoms with Crippen LogP contribution < -0.4 is 0 Å². The molecule has 0 saturated carbocycles. The molecule has 3 aromatic carbocycles. The number of carbonyl (C=O) groups is 1. The SMILES string of the molecule is CC1(C)O[C@H]2O[C@H](COC(=O)c3ccccc3)[C@@](C#N)(N(Cc3ccccc3)S(=O)(=O)Cc3ccccc3)[C@H]2O1. The Kier molecular flexibility index (Phi) is 7.77. The van der Waals surface area contributed by atoms with Gasteiger partial charge in [0, 0.05) is 6.54 Å². The molecule has 2 aliphatic heterocycles. The monoisotopic (exact) mass is 562 g/mol. The first-order valence-electron chi connectivity index (χ1n) is 12.9. The molecule has 0 bridgehead atoms. The first kappa shape index (κ1) is 28.0. The molecule has 2 aliphatic rings. The van der Waals surface area contributed by atoms with Gasteiger partial charge in [0.15, 0.2) is 17.6 Å². The average molecular weight is 563 g/mol. The Hall–Kier alpha value is -3.59. The van der Waals surface area contributed by atoms with Crippen LogP contribution in [0, 0.1) is 11.3 Å². The molecule has 208 valence electrons. The number of benzene rings is 3. The van der Waals surface area contributed by atoms with Gasteiger partial charge in [-0.1, -0.05) is 78.9 Å². The van der Waals surface area contributed by atoms with E-state index in [-0.39, 0.29) is 12.3 Å². The molecule has 4 atom stereocenters. The van der Waals surface area contributed by atoms with Crippen LogP contribution >= 0.6 is 0 Å². The summed E-state index contributed by atoms with van der Waals surface area (Å²) in [5, 5.41) is 10.9. The summed E-state index contributed by atoms with van der Waals surface area (Å²) < 4.78 is 53.4. The summed E-state index contributed by atoms with van der Waals surface area (Å²) in [7, 11) is -4.17. The van der Waals surface area contributed by atoms with Crippen LogP contribution in [0.1, 0.15) is 35.3 Å². The maximum absolute atomic E-state index is 14.2. The van der Waals surface area contributed by atoms with Crippen molar-refractivity contribution < 1.29 is 32.2 Å². The first-order valence-corrected chi connectivity index (χ1v) is 14.5. The van der Waals surface area contributed by atoms with Crippen LogP contribution in [0.4, 0.5) is 0 Å². The molecule has 3 aromatic rings. The Balaban J connectivity index is 1.57. The lowest BCUT2D eigenvalue weighted by Gasteiger charge is -2.40. The Bertz CT molecular complexity index is 1480. The maximum Gasteiger partial charge on any atom is 0.338 e. The van der Waals surface area contributed by atoms with Crippen molar-refractivity contribution in [2.45, 2.75) is 56.0 Å². The summed E-state index contributed by atoms with van der Waals surface area (Å²) in [5.41, 5.74) is -0.385. The van der Waals surface area contributed by atoms with E-state index in [0.717, 1.165) is 4.31 Å². The standard InChI is InChI=1S/C30H30N2O7S/c1-29(2)38-26-28(39-29)37-25(19-36-27(33)24-16-10-5-11-17-24)30(26,21-31)32(18-22-12-6-3-7-13-22)40(34,35)20-23-14-8-4-9-15-23/h3-17,25-26,28H,18-20H2,1-2H3/t25-,26+,28-,30-/m1/s1. The second-order valence-electron chi connectivity index (χ2n) is 10.2. The number of sulfonamides is 1. The van der Waals surface area contributed by atoms with E-state index in [4.69, 9.17) is 18.9 Å². The van der Waals surface area contributed by atoms with Crippen molar-refractivity contribution in [3.63, 3.8) is 0 Å². The van der Waals surface area contributed by atoms with Gasteiger partial charge >= 0.3 is 5.97 Å². The fraction of sp³-hybridized carbons (Fsp3) is 0.333. The highest BCUT2D eigenvalue weighted by Crippen LogP contribution is 2.47. The molecule has 0 N–H and O–H groups in total. The molecule has 0 aliphatic carbocycles. The van der Waals surface area contributed by atoms with Crippen LogP contribution in [0.15, 0.2) is 91.0 Å². The second kappa shape index (κ2) is 11.1. The third-order valence-electron chi connectivity index (χ3n) is 6.94. The quantitative estimate of drug-likeness (QED) is 0.359. The average Bonchev–Trinajstić information content (AvgIpc) is 3.41. The molecule has 0 unspecified atom stereocenters. The molecule has 5 rings (SSSR count). The fourth-order valence-corrected chi connectivity index (χ4v) is 6.95. The van der Waals surface area contributed by atoms with E-state index < -0.39 is 52.4 Å². The number of fused-ring (bicyclic) bond motifs is 1. The molecule has 0 amide bonds. The predicted octanol–water partition coefficient (Wildman–Crippen LogP) is 4.01. The summed E-state index contributed by atoms with van der Waals surface area (Å²) in [6.45, 7) is 2.80. The van der Waals surface area contributed by atoms with Crippen molar-refractivity contribution in [3.05, 3.63) is 108 Å². The fourth-order valence-electron chi connectivity index (χ4n) is 5.12. The lowest BCUT2D eigenvalue weighted by Crippen LogP contribution is -2.63. The number of nitriles is 1. The second-order valence-corrected chi connectivity index (χ2v) is 12.1. The maximum atomic E-state index is 14.2. The van der Waals surface area contributed by atoms with Crippen LogP contribution in [0.2, 0.25) is 0 Å². The smallest absolute Gasteiger partial charge is 0.338 e. The molecule has 10 heteroatoms. The van der Waals surface area contributed by atoms with Gasteiger partial charge in [0.25, 0.3) is 0 Å². The molecule has 0 radical (unpaired) electrons. The summed E-state index contributed by atoms with van der Waals surface area (Å²) in [5.74, 6) is -2.12. The topological polar surface area (TPSA) is 115 Å². The normalized spacial score (nSPS) is 25.3. The van der Waals surface area contributed by atoms with Gasteiger partial charge in [0.2, 0.25) is 10.0 Å². The summed E-state index contributed by atoms with van der Waals surface area (Å²) in [4.78, 5) is 12.8. The van der Waals surface area contributed by atoms with Gasteiger partial charge in [-0.15, -0.1) is 0 Å². The highest BCUT2D eigenvalue weighted by Gasteiger charge is 2.69. The van der Waals surface area contributed by atoms with Gasteiger partial charge in [-0.3, -0.25) is 0 Å². The van der Waals surface area contributed by atoms with E-state index in [1.54, 1.807) is 98.8 Å². The summed E-state index contributed by atoms with van der Waals surface area (Å²) in [6.07, 6.45) is -3.37. The summed E-state index contributed by atoms with van der Waals surface area (Å²) in [6, 6.07) is 28.3. The van der Waals surface area contributed by atoms with Gasteiger partial charge in [-0.2, -0.15) is 9.57 Å². The molecule has 0 aromatic heterocycles. The number of hydrogen-bond acceptors (Lipinski definition) is 8. The van der Waals surface area contributed by atoms with Gasteiger partial charge in [0.1, 0.15) is 18.8 Å². The van der Waals surface area contributed by atoms with E-state index in [0.29, 0.717) is 16.7 Å². The first-order chi connectivity index (χ1) is 19.1. The van der Waals surface area contributed by atoms with E-state index in [2.05, 4.69) is 6.07 Å². The van der Waals surface area contributed by atoms with Crippen molar-refractivity contribution in [3.8, 4) is 6.07 Å². The van der Waals surface area contributed by atoms with Gasteiger partial charge in [-0.25, -0.2) is 13.2 Å². The predicted molar refractivity (Wildman–Crippen MR) is 145 cm³/mol. The van der Waals surface area contributed by atoms with E-state index in [1.165, 1.54) is 0 Å². The van der Waals surface area contributed by atoms with Crippen LogP contribution in [-0.4, -0.2) is 55.1 Å². The number of carbonyl (C=O) groups excluding carboxylic acids is 1. The molecule has 40 heavy (non-hydrogen) atoms. The van der Waals surface area contributed by atoms with E-state index >= 15 is 0 Å². The molecular formula is C30H30N2O7S. The highest BCUT2D eigenvalue weighted by molar-refractivity contribution is 7.88. The number of nitrogens with zero attached hydrogens (tertiary/aromatic N) is 2. The molecular weight excluding hydrogens is 532 g/mol. The number of rotatable bonds is 9. The third-order valence-corrected chi connectivity index (χ3v) is 8.75. The van der Waals surface area contributed by atoms with Gasteiger partial charge in [-0.05, 0) is 37.1 Å². The minimum absolute atomic E-state index is 0.136. The zero-order chi connectivity index (χ0) is 28.4. The Morgan fingerprint density at radius 1 is 0.925 bits per heavy atom.